The summed E-state index contributed by atoms with van der Waals surface area (Å²) in [6, 6.07) is 15.4. The lowest BCUT2D eigenvalue weighted by Gasteiger charge is -2.17. The minimum Gasteiger partial charge on any atom is -0.243 e. The van der Waals surface area contributed by atoms with Crippen LogP contribution in [0, 0.1) is 0 Å². The molecule has 2 heteroatoms. The second-order valence-electron chi connectivity index (χ2n) is 4.52. The van der Waals surface area contributed by atoms with E-state index in [2.05, 4.69) is 6.92 Å². The average molecular weight is 263 g/mol. The third kappa shape index (κ3) is 2.73. The fourth-order valence-electron chi connectivity index (χ4n) is 2.20. The van der Waals surface area contributed by atoms with Crippen molar-refractivity contribution in [3.63, 3.8) is 0 Å². The van der Waals surface area contributed by atoms with Crippen LogP contribution in [0.5, 0.6) is 0 Å². The van der Waals surface area contributed by atoms with E-state index in [0.29, 0.717) is 0 Å². The molecule has 0 radical (unpaired) electrons. The van der Waals surface area contributed by atoms with Crippen LogP contribution in [0.4, 0.5) is 4.39 Å². The summed E-state index contributed by atoms with van der Waals surface area (Å²) in [5.41, 5.74) is 2.95. The van der Waals surface area contributed by atoms with Crippen LogP contribution in [0.1, 0.15) is 42.6 Å². The molecular formula is C16H16ClF. The Morgan fingerprint density at radius 3 is 2.00 bits per heavy atom. The first-order chi connectivity index (χ1) is 8.59. The molecule has 0 saturated heterocycles. The van der Waals surface area contributed by atoms with E-state index in [1.54, 1.807) is 6.92 Å². The van der Waals surface area contributed by atoms with E-state index < -0.39 is 6.17 Å². The maximum absolute atomic E-state index is 13.6. The van der Waals surface area contributed by atoms with Gasteiger partial charge in [-0.3, -0.25) is 0 Å². The summed E-state index contributed by atoms with van der Waals surface area (Å²) < 4.78 is 13.6. The van der Waals surface area contributed by atoms with Crippen LogP contribution in [-0.2, 0) is 0 Å². The van der Waals surface area contributed by atoms with E-state index in [1.165, 1.54) is 0 Å². The quantitative estimate of drug-likeness (QED) is 0.683. The Kier molecular flexibility index (Phi) is 4.03. The lowest BCUT2D eigenvalue weighted by Crippen LogP contribution is -2.01. The monoisotopic (exact) mass is 262 g/mol. The van der Waals surface area contributed by atoms with E-state index in [9.17, 15) is 4.39 Å². The molecule has 94 valence electrons. The van der Waals surface area contributed by atoms with Crippen LogP contribution >= 0.6 is 11.6 Å². The smallest absolute Gasteiger partial charge is 0.123 e. The molecule has 2 rings (SSSR count). The molecule has 0 aromatic heterocycles. The highest BCUT2D eigenvalue weighted by Gasteiger charge is 2.15. The van der Waals surface area contributed by atoms with Crippen LogP contribution < -0.4 is 0 Å². The number of halogens is 2. The first kappa shape index (κ1) is 13.1. The standard InChI is InChI=1S/C16H16ClF/c1-11(13-7-9-14(17)10-8-13)15-5-3-4-6-16(15)12(2)18/h3-12H,1-2H3. The van der Waals surface area contributed by atoms with Gasteiger partial charge in [-0.25, -0.2) is 4.39 Å². The van der Waals surface area contributed by atoms with Crippen molar-refractivity contribution in [3.8, 4) is 0 Å². The van der Waals surface area contributed by atoms with Gasteiger partial charge in [0.2, 0.25) is 0 Å². The van der Waals surface area contributed by atoms with Gasteiger partial charge in [-0.2, -0.15) is 0 Å². The first-order valence-electron chi connectivity index (χ1n) is 6.08. The molecule has 2 aromatic carbocycles. The van der Waals surface area contributed by atoms with Crippen LogP contribution in [-0.4, -0.2) is 0 Å². The topological polar surface area (TPSA) is 0 Å². The second kappa shape index (κ2) is 5.53. The molecule has 0 aliphatic rings. The Labute approximate surface area is 112 Å². The Morgan fingerprint density at radius 1 is 0.889 bits per heavy atom. The van der Waals surface area contributed by atoms with Crippen molar-refractivity contribution in [1.29, 1.82) is 0 Å². The second-order valence-corrected chi connectivity index (χ2v) is 4.95. The number of alkyl halides is 1. The van der Waals surface area contributed by atoms with Crippen LogP contribution in [0.25, 0.3) is 0 Å². The van der Waals surface area contributed by atoms with E-state index in [1.807, 2.05) is 48.5 Å². The summed E-state index contributed by atoms with van der Waals surface area (Å²) in [4.78, 5) is 0. The Hall–Kier alpha value is -1.34. The third-order valence-corrected chi connectivity index (χ3v) is 3.51. The Bertz CT molecular complexity index is 517. The van der Waals surface area contributed by atoms with Crippen molar-refractivity contribution >= 4 is 11.6 Å². The average Bonchev–Trinajstić information content (AvgIpc) is 2.39. The summed E-state index contributed by atoms with van der Waals surface area (Å²) in [6.07, 6.45) is -0.948. The van der Waals surface area contributed by atoms with Crippen molar-refractivity contribution < 1.29 is 4.39 Å². The highest BCUT2D eigenvalue weighted by molar-refractivity contribution is 6.30. The minimum absolute atomic E-state index is 0.164. The van der Waals surface area contributed by atoms with E-state index in [4.69, 9.17) is 11.6 Å². The summed E-state index contributed by atoms with van der Waals surface area (Å²) in [5.74, 6) is 0.164. The number of rotatable bonds is 3. The Morgan fingerprint density at radius 2 is 1.44 bits per heavy atom. The van der Waals surface area contributed by atoms with Gasteiger partial charge in [0, 0.05) is 10.9 Å². The zero-order valence-electron chi connectivity index (χ0n) is 10.5. The van der Waals surface area contributed by atoms with Gasteiger partial charge in [-0.05, 0) is 35.7 Å². The van der Waals surface area contributed by atoms with E-state index >= 15 is 0 Å². The molecule has 0 N–H and O–H groups in total. The van der Waals surface area contributed by atoms with Crippen molar-refractivity contribution in [2.24, 2.45) is 0 Å². The highest BCUT2D eigenvalue weighted by atomic mass is 35.5. The van der Waals surface area contributed by atoms with Gasteiger partial charge in [0.25, 0.3) is 0 Å². The molecule has 18 heavy (non-hydrogen) atoms. The Balaban J connectivity index is 2.39. The molecular weight excluding hydrogens is 247 g/mol. The van der Waals surface area contributed by atoms with Crippen molar-refractivity contribution in [2.75, 3.05) is 0 Å². The van der Waals surface area contributed by atoms with Crippen LogP contribution in [0.15, 0.2) is 48.5 Å². The van der Waals surface area contributed by atoms with Gasteiger partial charge >= 0.3 is 0 Å². The lowest BCUT2D eigenvalue weighted by atomic mass is 9.88. The molecule has 0 aliphatic heterocycles. The minimum atomic E-state index is -0.948. The largest absolute Gasteiger partial charge is 0.243 e. The van der Waals surface area contributed by atoms with Crippen molar-refractivity contribution in [1.82, 2.24) is 0 Å². The van der Waals surface area contributed by atoms with E-state index in [-0.39, 0.29) is 5.92 Å². The molecule has 0 nitrogen and oxygen atoms in total. The zero-order valence-corrected chi connectivity index (χ0v) is 11.3. The number of benzene rings is 2. The molecule has 2 aromatic rings. The molecule has 2 unspecified atom stereocenters. The van der Waals surface area contributed by atoms with Gasteiger partial charge in [-0.1, -0.05) is 54.9 Å². The first-order valence-corrected chi connectivity index (χ1v) is 6.45. The lowest BCUT2D eigenvalue weighted by molar-refractivity contribution is 0.371. The van der Waals surface area contributed by atoms with Gasteiger partial charge in [0.05, 0.1) is 0 Å². The van der Waals surface area contributed by atoms with Gasteiger partial charge < -0.3 is 0 Å². The predicted molar refractivity (Wildman–Crippen MR) is 74.9 cm³/mol. The van der Waals surface area contributed by atoms with Gasteiger partial charge in [0.1, 0.15) is 6.17 Å². The predicted octanol–water partition coefficient (Wildman–Crippen LogP) is 5.52. The van der Waals surface area contributed by atoms with Crippen molar-refractivity contribution in [3.05, 3.63) is 70.2 Å². The molecule has 0 bridgehead atoms. The molecule has 2 atom stereocenters. The number of hydrogen-bond acceptors (Lipinski definition) is 0. The summed E-state index contributed by atoms with van der Waals surface area (Å²) in [5, 5.41) is 0.720. The van der Waals surface area contributed by atoms with Crippen LogP contribution in [0.3, 0.4) is 0 Å². The van der Waals surface area contributed by atoms with Crippen molar-refractivity contribution in [2.45, 2.75) is 25.9 Å². The SMILES string of the molecule is CC(F)c1ccccc1C(C)c1ccc(Cl)cc1. The molecule has 0 amide bonds. The maximum atomic E-state index is 13.6. The molecule has 0 saturated carbocycles. The summed E-state index contributed by atoms with van der Waals surface area (Å²) >= 11 is 5.88. The number of hydrogen-bond donors (Lipinski definition) is 0. The maximum Gasteiger partial charge on any atom is 0.123 e. The normalized spacial score (nSPS) is 14.2. The molecule has 0 heterocycles. The molecule has 0 fully saturated rings. The molecule has 0 aliphatic carbocycles. The third-order valence-electron chi connectivity index (χ3n) is 3.26. The molecule has 0 spiro atoms. The van der Waals surface area contributed by atoms with Gasteiger partial charge in [-0.15, -0.1) is 0 Å². The van der Waals surface area contributed by atoms with Crippen LogP contribution in [0.2, 0.25) is 5.02 Å². The fourth-order valence-corrected chi connectivity index (χ4v) is 2.32. The highest BCUT2D eigenvalue weighted by Crippen LogP contribution is 2.31. The summed E-state index contributed by atoms with van der Waals surface area (Å²) in [7, 11) is 0. The zero-order chi connectivity index (χ0) is 13.1. The van der Waals surface area contributed by atoms with Gasteiger partial charge in [0.15, 0.2) is 0 Å². The van der Waals surface area contributed by atoms with E-state index in [0.717, 1.165) is 21.7 Å². The fraction of sp³-hybridized carbons (Fsp3) is 0.250. The summed E-state index contributed by atoms with van der Waals surface area (Å²) in [6.45, 7) is 3.66.